The predicted octanol–water partition coefficient (Wildman–Crippen LogP) is 6.15. The third-order valence-corrected chi connectivity index (χ3v) is 6.88. The summed E-state index contributed by atoms with van der Waals surface area (Å²) in [6, 6.07) is 18.6. The Kier molecular flexibility index (Phi) is 4.03. The number of tetrazole rings is 1. The molecule has 8 heteroatoms. The van der Waals surface area contributed by atoms with Crippen molar-refractivity contribution in [1.82, 2.24) is 25.6 Å². The van der Waals surface area contributed by atoms with Crippen molar-refractivity contribution in [3.63, 3.8) is 0 Å². The van der Waals surface area contributed by atoms with Crippen LogP contribution in [-0.2, 0) is 0 Å². The molecule has 0 unspecified atom stereocenters. The maximum Gasteiger partial charge on any atom is 0.214 e. The molecule has 0 saturated carbocycles. The number of ether oxygens (including phenoxy) is 1. The summed E-state index contributed by atoms with van der Waals surface area (Å²) in [5.74, 6) is 2.03. The molecule has 0 amide bonds. The lowest BCUT2D eigenvalue weighted by Gasteiger charge is -2.07. The molecular weight excluding hydrogens is 414 g/mol. The Hall–Kier alpha value is -3.62. The number of aromatic amines is 1. The Labute approximate surface area is 178 Å². The van der Waals surface area contributed by atoms with Crippen LogP contribution in [0.5, 0.6) is 11.5 Å². The van der Waals surface area contributed by atoms with Gasteiger partial charge in [0, 0.05) is 27.2 Å². The molecule has 0 aliphatic carbocycles. The first kappa shape index (κ1) is 17.3. The Bertz CT molecular complexity index is 1470. The Morgan fingerprint density at radius 1 is 0.900 bits per heavy atom. The van der Waals surface area contributed by atoms with E-state index in [0.717, 1.165) is 20.7 Å². The van der Waals surface area contributed by atoms with Crippen LogP contribution in [-0.4, -0.2) is 25.6 Å². The van der Waals surface area contributed by atoms with E-state index in [-0.39, 0.29) is 0 Å². The molecule has 30 heavy (non-hydrogen) atoms. The molecule has 0 aliphatic heterocycles. The first-order valence-corrected chi connectivity index (χ1v) is 10.9. The van der Waals surface area contributed by atoms with Crippen LogP contribution in [0.4, 0.5) is 0 Å². The fraction of sp³-hybridized carbons (Fsp3) is 0. The number of benzene rings is 2. The van der Waals surface area contributed by atoms with Crippen molar-refractivity contribution in [3.8, 4) is 33.3 Å². The first-order valence-electron chi connectivity index (χ1n) is 9.21. The zero-order valence-electron chi connectivity index (χ0n) is 15.4. The van der Waals surface area contributed by atoms with E-state index < -0.39 is 0 Å². The van der Waals surface area contributed by atoms with Gasteiger partial charge in [-0.25, -0.2) is 0 Å². The van der Waals surface area contributed by atoms with E-state index in [9.17, 15) is 0 Å². The van der Waals surface area contributed by atoms with Crippen LogP contribution in [0.2, 0.25) is 0 Å². The zero-order chi connectivity index (χ0) is 19.9. The van der Waals surface area contributed by atoms with Gasteiger partial charge in [0.25, 0.3) is 0 Å². The topological polar surface area (TPSA) is 76.6 Å². The fourth-order valence-electron chi connectivity index (χ4n) is 3.42. The zero-order valence-corrected chi connectivity index (χ0v) is 17.1. The number of nitrogens with one attached hydrogen (secondary N) is 1. The van der Waals surface area contributed by atoms with Gasteiger partial charge in [-0.2, -0.15) is 5.21 Å². The largest absolute Gasteiger partial charge is 0.455 e. The highest BCUT2D eigenvalue weighted by Gasteiger charge is 2.13. The van der Waals surface area contributed by atoms with Crippen molar-refractivity contribution < 1.29 is 4.74 Å². The SMILES string of the molecule is c1ccc2c(-c3ccc(Oc4cncc5sc(-c6nn[nH]n6)cc45)cc3)csc2c1. The summed E-state index contributed by atoms with van der Waals surface area (Å²) in [4.78, 5) is 5.23. The molecule has 144 valence electrons. The van der Waals surface area contributed by atoms with Gasteiger partial charge in [-0.15, -0.1) is 32.9 Å². The molecule has 4 heterocycles. The van der Waals surface area contributed by atoms with Gasteiger partial charge in [0.05, 0.1) is 15.8 Å². The molecule has 2 aromatic carbocycles. The quantitative estimate of drug-likeness (QED) is 0.365. The van der Waals surface area contributed by atoms with Crippen molar-refractivity contribution in [2.45, 2.75) is 0 Å². The van der Waals surface area contributed by atoms with Crippen LogP contribution < -0.4 is 4.74 Å². The molecule has 0 spiro atoms. The van der Waals surface area contributed by atoms with Gasteiger partial charge in [-0.1, -0.05) is 30.3 Å². The highest BCUT2D eigenvalue weighted by atomic mass is 32.1. The smallest absolute Gasteiger partial charge is 0.214 e. The molecule has 0 atom stereocenters. The van der Waals surface area contributed by atoms with E-state index >= 15 is 0 Å². The summed E-state index contributed by atoms with van der Waals surface area (Å²) >= 11 is 3.32. The van der Waals surface area contributed by atoms with E-state index in [1.807, 2.05) is 24.4 Å². The second-order valence-corrected chi connectivity index (χ2v) is 8.66. The number of thiophene rings is 2. The van der Waals surface area contributed by atoms with Crippen molar-refractivity contribution >= 4 is 42.8 Å². The lowest BCUT2D eigenvalue weighted by Crippen LogP contribution is -1.86. The van der Waals surface area contributed by atoms with E-state index in [2.05, 4.69) is 67.4 Å². The second-order valence-electron chi connectivity index (χ2n) is 6.67. The minimum atomic E-state index is 0.564. The van der Waals surface area contributed by atoms with Gasteiger partial charge in [0.1, 0.15) is 5.75 Å². The summed E-state index contributed by atoms with van der Waals surface area (Å²) in [7, 11) is 0. The molecule has 6 rings (SSSR count). The van der Waals surface area contributed by atoms with E-state index in [0.29, 0.717) is 11.6 Å². The van der Waals surface area contributed by atoms with Crippen molar-refractivity contribution in [2.24, 2.45) is 0 Å². The van der Waals surface area contributed by atoms with Crippen molar-refractivity contribution in [3.05, 3.63) is 72.4 Å². The standard InChI is InChI=1S/C22H13N5OS2/c1-2-4-19-15(3-1)17(12-29-19)13-5-7-14(8-6-13)28-18-10-23-11-21-16(18)9-20(30-21)22-24-26-27-25-22/h1-12H,(H,24,25,26,27). The highest BCUT2D eigenvalue weighted by molar-refractivity contribution is 7.22. The van der Waals surface area contributed by atoms with Crippen LogP contribution >= 0.6 is 22.7 Å². The maximum absolute atomic E-state index is 6.16. The summed E-state index contributed by atoms with van der Waals surface area (Å²) in [6.07, 6.45) is 3.55. The predicted molar refractivity (Wildman–Crippen MR) is 120 cm³/mol. The average Bonchev–Trinajstić information content (AvgIpc) is 3.53. The van der Waals surface area contributed by atoms with E-state index in [1.54, 1.807) is 28.9 Å². The Morgan fingerprint density at radius 3 is 2.67 bits per heavy atom. The maximum atomic E-state index is 6.16. The van der Waals surface area contributed by atoms with Gasteiger partial charge in [-0.3, -0.25) is 4.98 Å². The molecular formula is C22H13N5OS2. The number of rotatable bonds is 4. The number of aromatic nitrogens is 5. The highest BCUT2D eigenvalue weighted by Crippen LogP contribution is 2.38. The first-order chi connectivity index (χ1) is 14.8. The van der Waals surface area contributed by atoms with Crippen LogP contribution in [0.25, 0.3) is 42.0 Å². The average molecular weight is 428 g/mol. The summed E-state index contributed by atoms with van der Waals surface area (Å²) < 4.78 is 8.46. The molecule has 6 aromatic rings. The third-order valence-electron chi connectivity index (χ3n) is 4.85. The molecule has 4 aromatic heterocycles. The molecule has 0 bridgehead atoms. The fourth-order valence-corrected chi connectivity index (χ4v) is 5.37. The van der Waals surface area contributed by atoms with Crippen molar-refractivity contribution in [2.75, 3.05) is 0 Å². The summed E-state index contributed by atoms with van der Waals surface area (Å²) in [6.45, 7) is 0. The molecule has 1 N–H and O–H groups in total. The number of nitrogens with zero attached hydrogens (tertiary/aromatic N) is 4. The van der Waals surface area contributed by atoms with Crippen LogP contribution in [0.3, 0.4) is 0 Å². The lowest BCUT2D eigenvalue weighted by molar-refractivity contribution is 0.486. The van der Waals surface area contributed by atoms with Gasteiger partial charge in [0.15, 0.2) is 5.75 Å². The number of hydrogen-bond donors (Lipinski definition) is 1. The summed E-state index contributed by atoms with van der Waals surface area (Å²) in [5, 5.41) is 18.7. The minimum Gasteiger partial charge on any atom is -0.455 e. The second kappa shape index (κ2) is 7.01. The van der Waals surface area contributed by atoms with Gasteiger partial charge in [0.2, 0.25) is 5.82 Å². The number of fused-ring (bicyclic) bond motifs is 2. The van der Waals surface area contributed by atoms with Crippen LogP contribution in [0.15, 0.2) is 72.4 Å². The molecule has 0 aliphatic rings. The Balaban J connectivity index is 1.32. The molecule has 0 saturated heterocycles. The van der Waals surface area contributed by atoms with Gasteiger partial charge in [-0.05, 0) is 40.4 Å². The summed E-state index contributed by atoms with van der Waals surface area (Å²) in [5.41, 5.74) is 2.42. The van der Waals surface area contributed by atoms with Crippen LogP contribution in [0.1, 0.15) is 0 Å². The van der Waals surface area contributed by atoms with Crippen LogP contribution in [0, 0.1) is 0 Å². The van der Waals surface area contributed by atoms with E-state index in [1.165, 1.54) is 21.2 Å². The number of hydrogen-bond acceptors (Lipinski definition) is 7. The number of H-pyrrole nitrogens is 1. The lowest BCUT2D eigenvalue weighted by atomic mass is 10.0. The molecule has 0 fully saturated rings. The monoisotopic (exact) mass is 427 g/mol. The third kappa shape index (κ3) is 2.94. The minimum absolute atomic E-state index is 0.564. The van der Waals surface area contributed by atoms with E-state index in [4.69, 9.17) is 4.74 Å². The van der Waals surface area contributed by atoms with Gasteiger partial charge < -0.3 is 4.74 Å². The molecule has 0 radical (unpaired) electrons. The Morgan fingerprint density at radius 2 is 1.80 bits per heavy atom. The van der Waals surface area contributed by atoms with Crippen molar-refractivity contribution in [1.29, 1.82) is 0 Å². The number of pyridine rings is 1. The molecule has 6 nitrogen and oxygen atoms in total. The van der Waals surface area contributed by atoms with Gasteiger partial charge >= 0.3 is 0 Å². The normalized spacial score (nSPS) is 11.3.